The van der Waals surface area contributed by atoms with Gasteiger partial charge in [-0.25, -0.2) is 0 Å². The van der Waals surface area contributed by atoms with Crippen LogP contribution in [0.5, 0.6) is 0 Å². The lowest BCUT2D eigenvalue weighted by Gasteiger charge is -2.41. The van der Waals surface area contributed by atoms with Crippen LogP contribution < -0.4 is 0 Å². The molecule has 1 heterocycles. The van der Waals surface area contributed by atoms with Gasteiger partial charge in [0, 0.05) is 0 Å². The predicted octanol–water partition coefficient (Wildman–Crippen LogP) is -1.52. The maximum absolute atomic E-state index is 9.57. The highest BCUT2D eigenvalue weighted by Gasteiger charge is 2.44. The van der Waals surface area contributed by atoms with E-state index in [9.17, 15) is 15.3 Å². The van der Waals surface area contributed by atoms with E-state index in [1.807, 2.05) is 13.8 Å². The lowest BCUT2D eigenvalue weighted by atomic mass is 9.90. The highest BCUT2D eigenvalue weighted by molar-refractivity contribution is 4.92. The topological polar surface area (TPSA) is 90.2 Å². The third-order valence-electron chi connectivity index (χ3n) is 2.59. The van der Waals surface area contributed by atoms with Gasteiger partial charge in [0.2, 0.25) is 0 Å². The molecule has 4 N–H and O–H groups in total. The van der Waals surface area contributed by atoms with Crippen LogP contribution in [-0.2, 0) is 4.74 Å². The van der Waals surface area contributed by atoms with Gasteiger partial charge in [-0.05, 0) is 5.92 Å². The van der Waals surface area contributed by atoms with E-state index in [0.29, 0.717) is 0 Å². The molecule has 1 aliphatic rings. The summed E-state index contributed by atoms with van der Waals surface area (Å²) in [6.45, 7) is 3.31. The molecule has 0 bridgehead atoms. The van der Waals surface area contributed by atoms with Crippen molar-refractivity contribution in [3.63, 3.8) is 0 Å². The van der Waals surface area contributed by atoms with Crippen LogP contribution in [0.4, 0.5) is 0 Å². The Hall–Kier alpha value is -0.200. The first-order chi connectivity index (χ1) is 6.49. The Morgan fingerprint density at radius 1 is 1.07 bits per heavy atom. The van der Waals surface area contributed by atoms with Gasteiger partial charge in [-0.2, -0.15) is 0 Å². The summed E-state index contributed by atoms with van der Waals surface area (Å²) in [5.41, 5.74) is 0. The summed E-state index contributed by atoms with van der Waals surface area (Å²) in [6.07, 6.45) is -4.96. The Morgan fingerprint density at radius 2 is 1.64 bits per heavy atom. The molecule has 5 heteroatoms. The highest BCUT2D eigenvalue weighted by Crippen LogP contribution is 2.25. The molecular weight excluding hydrogens is 188 g/mol. The first-order valence-electron chi connectivity index (χ1n) is 4.79. The van der Waals surface area contributed by atoms with Gasteiger partial charge < -0.3 is 25.2 Å². The van der Waals surface area contributed by atoms with Crippen molar-refractivity contribution in [2.75, 3.05) is 6.61 Å². The molecule has 1 aliphatic heterocycles. The quantitative estimate of drug-likeness (QED) is 0.441. The zero-order valence-corrected chi connectivity index (χ0v) is 8.37. The van der Waals surface area contributed by atoms with E-state index in [1.54, 1.807) is 0 Å². The zero-order valence-electron chi connectivity index (χ0n) is 8.37. The van der Waals surface area contributed by atoms with Gasteiger partial charge in [-0.1, -0.05) is 13.8 Å². The highest BCUT2D eigenvalue weighted by atomic mass is 16.5. The molecule has 1 fully saturated rings. The third-order valence-corrected chi connectivity index (χ3v) is 2.59. The Kier molecular flexibility index (Phi) is 3.86. The molecule has 1 rings (SSSR count). The number of hydrogen-bond acceptors (Lipinski definition) is 5. The van der Waals surface area contributed by atoms with Gasteiger partial charge >= 0.3 is 0 Å². The maximum Gasteiger partial charge on any atom is 0.111 e. The van der Waals surface area contributed by atoms with E-state index in [2.05, 4.69) is 0 Å². The van der Waals surface area contributed by atoms with Gasteiger partial charge in [-0.3, -0.25) is 0 Å². The molecule has 0 aliphatic carbocycles. The molecule has 3 unspecified atom stereocenters. The minimum absolute atomic E-state index is 0.0150. The van der Waals surface area contributed by atoms with Crippen molar-refractivity contribution < 1.29 is 25.2 Å². The number of aliphatic hydroxyl groups excluding tert-OH is 4. The summed E-state index contributed by atoms with van der Waals surface area (Å²) in [4.78, 5) is 0. The molecule has 5 nitrogen and oxygen atoms in total. The van der Waals surface area contributed by atoms with Crippen molar-refractivity contribution in [3.8, 4) is 0 Å². The summed E-state index contributed by atoms with van der Waals surface area (Å²) in [6, 6.07) is 0. The average Bonchev–Trinajstić information content (AvgIpc) is 2.14. The number of ether oxygens (including phenoxy) is 1. The van der Waals surface area contributed by atoms with Crippen LogP contribution in [0.15, 0.2) is 0 Å². The number of hydrogen-bond donors (Lipinski definition) is 4. The van der Waals surface area contributed by atoms with Gasteiger partial charge in [0.15, 0.2) is 0 Å². The van der Waals surface area contributed by atoms with E-state index in [4.69, 9.17) is 9.84 Å². The van der Waals surface area contributed by atoms with Gasteiger partial charge in [0.05, 0.1) is 12.7 Å². The molecule has 5 atom stereocenters. The largest absolute Gasteiger partial charge is 0.394 e. The average molecular weight is 206 g/mol. The molecule has 0 spiro atoms. The molecule has 0 aromatic heterocycles. The van der Waals surface area contributed by atoms with E-state index in [0.717, 1.165) is 0 Å². The van der Waals surface area contributed by atoms with Gasteiger partial charge in [0.1, 0.15) is 24.4 Å². The molecule has 0 aromatic rings. The van der Waals surface area contributed by atoms with Crippen LogP contribution in [0.2, 0.25) is 0 Å². The zero-order chi connectivity index (χ0) is 10.9. The van der Waals surface area contributed by atoms with Crippen molar-refractivity contribution in [1.29, 1.82) is 0 Å². The second-order valence-corrected chi connectivity index (χ2v) is 4.04. The van der Waals surface area contributed by atoms with E-state index >= 15 is 0 Å². The Labute approximate surface area is 82.9 Å². The second kappa shape index (κ2) is 4.55. The fourth-order valence-electron chi connectivity index (χ4n) is 1.68. The SMILES string of the molecule is CC(C)[C@@H]1O[C@H](CO)C(O)C(O)C1O. The first kappa shape index (κ1) is 11.9. The molecule has 14 heavy (non-hydrogen) atoms. The maximum atomic E-state index is 9.57. The fraction of sp³-hybridized carbons (Fsp3) is 1.00. The van der Waals surface area contributed by atoms with Crippen LogP contribution in [0, 0.1) is 5.92 Å². The van der Waals surface area contributed by atoms with Crippen molar-refractivity contribution in [3.05, 3.63) is 0 Å². The predicted molar refractivity (Wildman–Crippen MR) is 48.6 cm³/mol. The molecule has 0 radical (unpaired) electrons. The molecule has 0 saturated carbocycles. The van der Waals surface area contributed by atoms with Crippen molar-refractivity contribution in [2.45, 2.75) is 44.4 Å². The monoisotopic (exact) mass is 206 g/mol. The summed E-state index contributed by atoms with van der Waals surface area (Å²) in [7, 11) is 0. The Bertz CT molecular complexity index is 182. The summed E-state index contributed by atoms with van der Waals surface area (Å²) in [5, 5.41) is 37.4. The molecule has 0 amide bonds. The van der Waals surface area contributed by atoms with Crippen molar-refractivity contribution >= 4 is 0 Å². The minimum Gasteiger partial charge on any atom is -0.394 e. The van der Waals surface area contributed by atoms with Crippen LogP contribution in [0.1, 0.15) is 13.8 Å². The normalized spacial score (nSPS) is 44.4. The summed E-state index contributed by atoms with van der Waals surface area (Å²) < 4.78 is 5.28. The molecule has 0 aromatic carbocycles. The Balaban J connectivity index is 2.73. The second-order valence-electron chi connectivity index (χ2n) is 4.04. The number of aliphatic hydroxyl groups is 4. The molecular formula is C9H18O5. The van der Waals surface area contributed by atoms with Crippen LogP contribution in [-0.4, -0.2) is 57.6 Å². The van der Waals surface area contributed by atoms with E-state index < -0.39 is 30.5 Å². The summed E-state index contributed by atoms with van der Waals surface area (Å²) >= 11 is 0. The van der Waals surface area contributed by atoms with E-state index in [1.165, 1.54) is 0 Å². The summed E-state index contributed by atoms with van der Waals surface area (Å²) in [5.74, 6) is 0.0150. The number of rotatable bonds is 2. The first-order valence-corrected chi connectivity index (χ1v) is 4.79. The lowest BCUT2D eigenvalue weighted by Crippen LogP contribution is -2.59. The fourth-order valence-corrected chi connectivity index (χ4v) is 1.68. The van der Waals surface area contributed by atoms with Crippen LogP contribution in [0.25, 0.3) is 0 Å². The van der Waals surface area contributed by atoms with Gasteiger partial charge in [0.25, 0.3) is 0 Å². The van der Waals surface area contributed by atoms with Crippen molar-refractivity contribution in [2.24, 2.45) is 5.92 Å². The van der Waals surface area contributed by atoms with Crippen molar-refractivity contribution in [1.82, 2.24) is 0 Å². The molecule has 1 saturated heterocycles. The van der Waals surface area contributed by atoms with E-state index in [-0.39, 0.29) is 12.5 Å². The molecule has 84 valence electrons. The minimum atomic E-state index is -1.26. The van der Waals surface area contributed by atoms with Crippen LogP contribution >= 0.6 is 0 Å². The Morgan fingerprint density at radius 3 is 2.07 bits per heavy atom. The standard InChI is InChI=1S/C9H18O5/c1-4(2)9-8(13)7(12)6(11)5(3-10)14-9/h4-13H,3H2,1-2H3/t5-,6?,7?,8?,9+/m1/s1. The smallest absolute Gasteiger partial charge is 0.111 e. The van der Waals surface area contributed by atoms with Crippen LogP contribution in [0.3, 0.4) is 0 Å². The van der Waals surface area contributed by atoms with Gasteiger partial charge in [-0.15, -0.1) is 0 Å². The third kappa shape index (κ3) is 2.07. The lowest BCUT2D eigenvalue weighted by molar-refractivity contribution is -0.238.